The molecule has 1 aliphatic rings. The van der Waals surface area contributed by atoms with Gasteiger partial charge < -0.3 is 5.32 Å². The molecule has 0 saturated carbocycles. The number of carbonyl (C=O) groups excluding carboxylic acids is 1. The molecule has 1 aromatic heterocycles. The van der Waals surface area contributed by atoms with Gasteiger partial charge in [-0.05, 0) is 10.8 Å². The minimum atomic E-state index is -0.0422. The van der Waals surface area contributed by atoms with Gasteiger partial charge in [-0.1, -0.05) is 61.6 Å². The highest BCUT2D eigenvalue weighted by Gasteiger charge is 2.26. The van der Waals surface area contributed by atoms with Crippen molar-refractivity contribution in [2.24, 2.45) is 5.92 Å². The van der Waals surface area contributed by atoms with Crippen LogP contribution in [0.15, 0.2) is 36.4 Å². The fourth-order valence-electron chi connectivity index (χ4n) is 2.72. The summed E-state index contributed by atoms with van der Waals surface area (Å²) in [5.41, 5.74) is 3.38. The van der Waals surface area contributed by atoms with E-state index in [-0.39, 0.29) is 11.8 Å². The van der Waals surface area contributed by atoms with Crippen molar-refractivity contribution < 1.29 is 4.79 Å². The molecule has 0 spiro atoms. The zero-order valence-corrected chi connectivity index (χ0v) is 12.6. The van der Waals surface area contributed by atoms with Crippen molar-refractivity contribution in [3.8, 4) is 21.7 Å². The Balaban J connectivity index is 1.85. The minimum Gasteiger partial charge on any atom is -0.302 e. The summed E-state index contributed by atoms with van der Waals surface area (Å²) >= 11 is 1.55. The lowest BCUT2D eigenvalue weighted by molar-refractivity contribution is -0.118. The molecule has 0 atom stereocenters. The monoisotopic (exact) mass is 294 g/mol. The predicted molar refractivity (Wildman–Crippen MR) is 87.5 cm³/mol. The first-order valence-electron chi connectivity index (χ1n) is 6.99. The van der Waals surface area contributed by atoms with Crippen LogP contribution in [0.2, 0.25) is 0 Å². The molecule has 0 aliphatic heterocycles. The summed E-state index contributed by atoms with van der Waals surface area (Å²) in [6.07, 6.45) is 0. The Morgan fingerprint density at radius 2 is 1.86 bits per heavy atom. The number of aromatic nitrogens is 1. The molecule has 1 N–H and O–H groups in total. The van der Waals surface area contributed by atoms with Crippen LogP contribution in [0.25, 0.3) is 32.5 Å². The van der Waals surface area contributed by atoms with Crippen LogP contribution in [0.3, 0.4) is 0 Å². The number of anilines is 1. The maximum atomic E-state index is 11.8. The van der Waals surface area contributed by atoms with Crippen molar-refractivity contribution in [3.63, 3.8) is 0 Å². The van der Waals surface area contributed by atoms with E-state index in [1.54, 1.807) is 11.3 Å². The van der Waals surface area contributed by atoms with Gasteiger partial charge in [0.1, 0.15) is 0 Å². The summed E-state index contributed by atoms with van der Waals surface area (Å²) in [6, 6.07) is 12.6. The lowest BCUT2D eigenvalue weighted by Gasteiger charge is -2.04. The van der Waals surface area contributed by atoms with Gasteiger partial charge in [-0.25, -0.2) is 4.98 Å². The highest BCUT2D eigenvalue weighted by atomic mass is 32.1. The molecular weight excluding hydrogens is 280 g/mol. The maximum absolute atomic E-state index is 11.8. The zero-order chi connectivity index (χ0) is 14.6. The number of benzene rings is 2. The molecular formula is C17H14N2OS. The quantitative estimate of drug-likeness (QED) is 0.590. The molecule has 4 heteroatoms. The normalized spacial score (nSPS) is 12.0. The van der Waals surface area contributed by atoms with Crippen LogP contribution < -0.4 is 5.32 Å². The second-order valence-corrected chi connectivity index (χ2v) is 6.55. The number of hydrogen-bond donors (Lipinski definition) is 1. The summed E-state index contributed by atoms with van der Waals surface area (Å²) in [7, 11) is 0. The van der Waals surface area contributed by atoms with E-state index in [0.29, 0.717) is 5.13 Å². The second kappa shape index (κ2) is 4.40. The molecule has 4 rings (SSSR count). The lowest BCUT2D eigenvalue weighted by Crippen LogP contribution is -2.17. The Bertz CT molecular complexity index is 823. The van der Waals surface area contributed by atoms with Gasteiger partial charge in [0, 0.05) is 17.0 Å². The van der Waals surface area contributed by atoms with Crippen molar-refractivity contribution in [1.82, 2.24) is 4.98 Å². The minimum absolute atomic E-state index is 0.00826. The lowest BCUT2D eigenvalue weighted by atomic mass is 10.0. The number of rotatable bonds is 2. The summed E-state index contributed by atoms with van der Waals surface area (Å²) in [6.45, 7) is 3.76. The van der Waals surface area contributed by atoms with Gasteiger partial charge in [0.25, 0.3) is 0 Å². The average molecular weight is 294 g/mol. The predicted octanol–water partition coefficient (Wildman–Crippen LogP) is 4.54. The van der Waals surface area contributed by atoms with Gasteiger partial charge >= 0.3 is 0 Å². The van der Waals surface area contributed by atoms with Gasteiger partial charge in [-0.15, -0.1) is 0 Å². The number of carbonyl (C=O) groups is 1. The molecule has 2 aromatic carbocycles. The smallest absolute Gasteiger partial charge is 0.228 e. The van der Waals surface area contributed by atoms with E-state index in [2.05, 4.69) is 46.7 Å². The van der Waals surface area contributed by atoms with E-state index in [1.807, 2.05) is 13.8 Å². The fourth-order valence-corrected chi connectivity index (χ4v) is 3.73. The molecule has 104 valence electrons. The number of nitrogens with zero attached hydrogens (tertiary/aromatic N) is 1. The Kier molecular flexibility index (Phi) is 2.62. The molecule has 0 unspecified atom stereocenters. The zero-order valence-electron chi connectivity index (χ0n) is 11.8. The molecule has 21 heavy (non-hydrogen) atoms. The molecule has 1 amide bonds. The van der Waals surface area contributed by atoms with E-state index >= 15 is 0 Å². The first kappa shape index (κ1) is 12.5. The van der Waals surface area contributed by atoms with Crippen molar-refractivity contribution in [1.29, 1.82) is 0 Å². The largest absolute Gasteiger partial charge is 0.302 e. The first-order valence-corrected chi connectivity index (χ1v) is 7.81. The second-order valence-electron chi connectivity index (χ2n) is 5.55. The van der Waals surface area contributed by atoms with Gasteiger partial charge in [-0.3, -0.25) is 4.79 Å². The van der Waals surface area contributed by atoms with Gasteiger partial charge in [0.05, 0.1) is 10.6 Å². The third-order valence-corrected chi connectivity index (χ3v) is 4.79. The van der Waals surface area contributed by atoms with Crippen LogP contribution >= 0.6 is 11.3 Å². The van der Waals surface area contributed by atoms with E-state index in [9.17, 15) is 4.79 Å². The van der Waals surface area contributed by atoms with Crippen LogP contribution in [-0.4, -0.2) is 10.9 Å². The number of fused-ring (bicyclic) bond motifs is 3. The summed E-state index contributed by atoms with van der Waals surface area (Å²) in [5, 5.41) is 6.10. The third kappa shape index (κ3) is 1.79. The van der Waals surface area contributed by atoms with E-state index < -0.39 is 0 Å². The van der Waals surface area contributed by atoms with Crippen LogP contribution in [0.4, 0.5) is 5.13 Å². The molecule has 3 nitrogen and oxygen atoms in total. The molecule has 0 bridgehead atoms. The third-order valence-electron chi connectivity index (χ3n) is 3.79. The number of thiazole rings is 1. The molecule has 0 saturated heterocycles. The van der Waals surface area contributed by atoms with E-state index in [4.69, 9.17) is 0 Å². The molecule has 0 fully saturated rings. The summed E-state index contributed by atoms with van der Waals surface area (Å²) < 4.78 is 0. The molecule has 0 radical (unpaired) electrons. The van der Waals surface area contributed by atoms with Crippen LogP contribution in [0.5, 0.6) is 0 Å². The van der Waals surface area contributed by atoms with Crippen LogP contribution in [0, 0.1) is 5.92 Å². The Hall–Kier alpha value is -2.20. The number of nitrogens with one attached hydrogen (secondary N) is 1. The van der Waals surface area contributed by atoms with E-state index in [0.717, 1.165) is 10.6 Å². The molecule has 3 aromatic rings. The van der Waals surface area contributed by atoms with Crippen molar-refractivity contribution in [2.45, 2.75) is 13.8 Å². The topological polar surface area (TPSA) is 42.0 Å². The maximum Gasteiger partial charge on any atom is 0.228 e. The highest BCUT2D eigenvalue weighted by Crippen LogP contribution is 2.50. The Morgan fingerprint density at radius 1 is 1.14 bits per heavy atom. The van der Waals surface area contributed by atoms with Crippen LogP contribution in [0.1, 0.15) is 13.8 Å². The molecule has 1 aliphatic carbocycles. The summed E-state index contributed by atoms with van der Waals surface area (Å²) in [5.74, 6) is -0.0339. The average Bonchev–Trinajstić information content (AvgIpc) is 3.00. The van der Waals surface area contributed by atoms with E-state index in [1.165, 1.54) is 21.9 Å². The fraction of sp³-hybridized carbons (Fsp3) is 0.176. The SMILES string of the molecule is CC(C)C(=O)Nc1nc2c(s1)-c1cccc3cccc-2c13. The van der Waals surface area contributed by atoms with Crippen molar-refractivity contribution in [2.75, 3.05) is 5.32 Å². The van der Waals surface area contributed by atoms with Crippen molar-refractivity contribution >= 4 is 33.1 Å². The Morgan fingerprint density at radius 3 is 2.57 bits per heavy atom. The number of hydrogen-bond acceptors (Lipinski definition) is 3. The van der Waals surface area contributed by atoms with Gasteiger partial charge in [0.2, 0.25) is 5.91 Å². The Labute approximate surface area is 126 Å². The van der Waals surface area contributed by atoms with Gasteiger partial charge in [-0.2, -0.15) is 0 Å². The number of amides is 1. The highest BCUT2D eigenvalue weighted by molar-refractivity contribution is 7.20. The van der Waals surface area contributed by atoms with Crippen molar-refractivity contribution in [3.05, 3.63) is 36.4 Å². The van der Waals surface area contributed by atoms with Gasteiger partial charge in [0.15, 0.2) is 5.13 Å². The standard InChI is InChI=1S/C17H14N2OS/c1-9(2)16(20)19-17-18-14-11-7-3-5-10-6-4-8-12(13(10)11)15(14)21-17/h3-9H,1-2H3,(H,18,19,20). The van der Waals surface area contributed by atoms with Crippen LogP contribution in [-0.2, 0) is 4.79 Å². The summed E-state index contributed by atoms with van der Waals surface area (Å²) in [4.78, 5) is 17.6. The first-order chi connectivity index (χ1) is 10.1. The molecule has 1 heterocycles.